The minimum Gasteiger partial charge on any atom is -0.339 e. The number of anilines is 1. The van der Waals surface area contributed by atoms with Gasteiger partial charge in [0.05, 0.1) is 10.9 Å². The number of hydrogen-bond donors (Lipinski definition) is 1. The maximum Gasteiger partial charge on any atom is 0.229 e. The van der Waals surface area contributed by atoms with Crippen LogP contribution in [0.2, 0.25) is 5.02 Å². The first-order valence-corrected chi connectivity index (χ1v) is 8.98. The average molecular weight is 353 g/mol. The van der Waals surface area contributed by atoms with Crippen molar-refractivity contribution in [3.8, 4) is 0 Å². The van der Waals surface area contributed by atoms with Crippen molar-refractivity contribution >= 4 is 29.1 Å². The van der Waals surface area contributed by atoms with Crippen molar-refractivity contribution in [1.82, 2.24) is 4.90 Å². The number of carbonyl (C=O) groups is 2. The van der Waals surface area contributed by atoms with Gasteiger partial charge in [-0.25, -0.2) is 4.39 Å². The van der Waals surface area contributed by atoms with E-state index in [2.05, 4.69) is 5.32 Å². The first-order chi connectivity index (χ1) is 11.5. The number of likely N-dealkylation sites (tertiary alicyclic amines) is 1. The minimum atomic E-state index is -0.523. The van der Waals surface area contributed by atoms with Crippen LogP contribution < -0.4 is 5.32 Å². The average Bonchev–Trinajstić information content (AvgIpc) is 2.77. The van der Waals surface area contributed by atoms with E-state index in [1.165, 1.54) is 31.0 Å². The molecule has 0 aromatic heterocycles. The second kappa shape index (κ2) is 7.51. The standard InChI is InChI=1S/C18H22ClFN2O2/c19-15-10-13(7-8-16(15)20)21-18(24)12-9-17(23)22(11-12)14-5-3-1-2-4-6-14/h7-8,10,12,14H,1-6,9,11H2,(H,21,24). The Morgan fingerprint density at radius 2 is 1.92 bits per heavy atom. The summed E-state index contributed by atoms with van der Waals surface area (Å²) in [5, 5.41) is 2.71. The topological polar surface area (TPSA) is 49.4 Å². The number of amides is 2. The minimum absolute atomic E-state index is 0.0321. The van der Waals surface area contributed by atoms with E-state index < -0.39 is 5.82 Å². The molecule has 1 N–H and O–H groups in total. The monoisotopic (exact) mass is 352 g/mol. The summed E-state index contributed by atoms with van der Waals surface area (Å²) in [6.07, 6.45) is 7.08. The lowest BCUT2D eigenvalue weighted by Crippen LogP contribution is -2.37. The number of hydrogen-bond acceptors (Lipinski definition) is 2. The van der Waals surface area contributed by atoms with Gasteiger partial charge in [0.25, 0.3) is 0 Å². The van der Waals surface area contributed by atoms with Crippen molar-refractivity contribution in [2.75, 3.05) is 11.9 Å². The highest BCUT2D eigenvalue weighted by Crippen LogP contribution is 2.29. The lowest BCUT2D eigenvalue weighted by atomic mass is 10.1. The van der Waals surface area contributed by atoms with Crippen molar-refractivity contribution in [2.45, 2.75) is 51.0 Å². The summed E-state index contributed by atoms with van der Waals surface area (Å²) in [6, 6.07) is 4.35. The van der Waals surface area contributed by atoms with Crippen LogP contribution in [0.5, 0.6) is 0 Å². The molecule has 1 aromatic carbocycles. The van der Waals surface area contributed by atoms with Crippen LogP contribution in [0.15, 0.2) is 18.2 Å². The third-order valence-electron chi connectivity index (χ3n) is 4.98. The second-order valence-electron chi connectivity index (χ2n) is 6.71. The molecule has 24 heavy (non-hydrogen) atoms. The number of rotatable bonds is 3. The predicted octanol–water partition coefficient (Wildman–Crippen LogP) is 3.99. The summed E-state index contributed by atoms with van der Waals surface area (Å²) >= 11 is 5.73. The first-order valence-electron chi connectivity index (χ1n) is 8.60. The maximum atomic E-state index is 13.2. The molecule has 3 rings (SSSR count). The number of benzene rings is 1. The Labute approximate surface area is 146 Å². The van der Waals surface area contributed by atoms with E-state index in [4.69, 9.17) is 11.6 Å². The summed E-state index contributed by atoms with van der Waals surface area (Å²) in [5.41, 5.74) is 0.451. The quantitative estimate of drug-likeness (QED) is 0.836. The largest absolute Gasteiger partial charge is 0.339 e. The van der Waals surface area contributed by atoms with Gasteiger partial charge >= 0.3 is 0 Å². The number of nitrogens with one attached hydrogen (secondary N) is 1. The van der Waals surface area contributed by atoms with Crippen LogP contribution in [-0.4, -0.2) is 29.3 Å². The van der Waals surface area contributed by atoms with Gasteiger partial charge in [-0.3, -0.25) is 9.59 Å². The number of nitrogens with zero attached hydrogens (tertiary/aromatic N) is 1. The first kappa shape index (κ1) is 17.2. The molecule has 0 bridgehead atoms. The molecular weight excluding hydrogens is 331 g/mol. The third kappa shape index (κ3) is 3.89. The summed E-state index contributed by atoms with van der Waals surface area (Å²) < 4.78 is 13.2. The summed E-state index contributed by atoms with van der Waals surface area (Å²) in [7, 11) is 0. The van der Waals surface area contributed by atoms with E-state index in [-0.39, 0.29) is 35.2 Å². The van der Waals surface area contributed by atoms with Gasteiger partial charge in [-0.15, -0.1) is 0 Å². The predicted molar refractivity (Wildman–Crippen MR) is 91.3 cm³/mol. The van der Waals surface area contributed by atoms with Crippen molar-refractivity contribution in [2.24, 2.45) is 5.92 Å². The number of halogens is 2. The molecule has 4 nitrogen and oxygen atoms in total. The van der Waals surface area contributed by atoms with Gasteiger partial charge in [0.1, 0.15) is 5.82 Å². The van der Waals surface area contributed by atoms with E-state index in [1.807, 2.05) is 4.90 Å². The van der Waals surface area contributed by atoms with Crippen molar-refractivity contribution in [3.05, 3.63) is 29.0 Å². The molecule has 6 heteroatoms. The molecule has 1 heterocycles. The number of carbonyl (C=O) groups excluding carboxylic acids is 2. The Morgan fingerprint density at radius 3 is 2.58 bits per heavy atom. The zero-order chi connectivity index (χ0) is 17.1. The normalized spacial score (nSPS) is 22.5. The highest BCUT2D eigenvalue weighted by molar-refractivity contribution is 6.31. The van der Waals surface area contributed by atoms with E-state index in [1.54, 1.807) is 0 Å². The van der Waals surface area contributed by atoms with Gasteiger partial charge in [0.15, 0.2) is 0 Å². The van der Waals surface area contributed by atoms with E-state index in [9.17, 15) is 14.0 Å². The molecule has 1 aliphatic carbocycles. The van der Waals surface area contributed by atoms with Crippen molar-refractivity contribution in [3.63, 3.8) is 0 Å². The Balaban J connectivity index is 1.61. The van der Waals surface area contributed by atoms with Gasteiger partial charge in [0.2, 0.25) is 11.8 Å². The molecule has 130 valence electrons. The molecule has 1 aromatic rings. The summed E-state index contributed by atoms with van der Waals surface area (Å²) in [5.74, 6) is -1.02. The van der Waals surface area contributed by atoms with Crippen LogP contribution >= 0.6 is 11.6 Å². The Bertz CT molecular complexity index is 629. The zero-order valence-corrected chi connectivity index (χ0v) is 14.3. The summed E-state index contributed by atoms with van der Waals surface area (Å²) in [4.78, 5) is 26.6. The van der Waals surface area contributed by atoms with E-state index >= 15 is 0 Å². The molecule has 1 aliphatic heterocycles. The molecule has 0 radical (unpaired) electrons. The second-order valence-corrected chi connectivity index (χ2v) is 7.12. The van der Waals surface area contributed by atoms with Gasteiger partial charge in [-0.2, -0.15) is 0 Å². The molecular formula is C18H22ClFN2O2. The fourth-order valence-corrected chi connectivity index (χ4v) is 3.83. The fourth-order valence-electron chi connectivity index (χ4n) is 3.65. The fraction of sp³-hybridized carbons (Fsp3) is 0.556. The van der Waals surface area contributed by atoms with Gasteiger partial charge in [-0.1, -0.05) is 37.3 Å². The molecule has 2 amide bonds. The van der Waals surface area contributed by atoms with E-state index in [0.717, 1.165) is 25.7 Å². The van der Waals surface area contributed by atoms with Crippen LogP contribution in [0, 0.1) is 11.7 Å². The van der Waals surface area contributed by atoms with Crippen LogP contribution in [-0.2, 0) is 9.59 Å². The Kier molecular flexibility index (Phi) is 5.39. The molecule has 1 unspecified atom stereocenters. The van der Waals surface area contributed by atoms with Crippen LogP contribution in [0.1, 0.15) is 44.9 Å². The third-order valence-corrected chi connectivity index (χ3v) is 5.27. The molecule has 1 saturated heterocycles. The smallest absolute Gasteiger partial charge is 0.229 e. The summed E-state index contributed by atoms with van der Waals surface area (Å²) in [6.45, 7) is 0.476. The van der Waals surface area contributed by atoms with Gasteiger partial charge < -0.3 is 10.2 Å². The van der Waals surface area contributed by atoms with Gasteiger partial charge in [-0.05, 0) is 31.0 Å². The van der Waals surface area contributed by atoms with Crippen LogP contribution in [0.25, 0.3) is 0 Å². The Hall–Kier alpha value is -1.62. The lowest BCUT2D eigenvalue weighted by molar-refractivity contribution is -0.130. The molecule has 1 saturated carbocycles. The van der Waals surface area contributed by atoms with Crippen molar-refractivity contribution < 1.29 is 14.0 Å². The Morgan fingerprint density at radius 1 is 1.21 bits per heavy atom. The van der Waals surface area contributed by atoms with Gasteiger partial charge in [0, 0.05) is 24.7 Å². The molecule has 2 aliphatic rings. The zero-order valence-electron chi connectivity index (χ0n) is 13.6. The SMILES string of the molecule is O=C(Nc1ccc(F)c(Cl)c1)C1CC(=O)N(C2CCCCCC2)C1. The van der Waals surface area contributed by atoms with Crippen LogP contribution in [0.4, 0.5) is 10.1 Å². The van der Waals surface area contributed by atoms with E-state index in [0.29, 0.717) is 12.2 Å². The maximum absolute atomic E-state index is 13.2. The molecule has 0 spiro atoms. The molecule has 2 fully saturated rings. The van der Waals surface area contributed by atoms with Crippen LogP contribution in [0.3, 0.4) is 0 Å². The molecule has 1 atom stereocenters. The highest BCUT2D eigenvalue weighted by atomic mass is 35.5. The highest BCUT2D eigenvalue weighted by Gasteiger charge is 2.37. The van der Waals surface area contributed by atoms with Crippen molar-refractivity contribution in [1.29, 1.82) is 0 Å². The lowest BCUT2D eigenvalue weighted by Gasteiger charge is -2.27.